The lowest BCUT2D eigenvalue weighted by molar-refractivity contribution is -0.118. The monoisotopic (exact) mass is 301 g/mol. The maximum absolute atomic E-state index is 10.9. The fourth-order valence-electron chi connectivity index (χ4n) is 1.86. The van der Waals surface area contributed by atoms with Crippen molar-refractivity contribution in [2.45, 2.75) is 24.7 Å². The van der Waals surface area contributed by atoms with Crippen LogP contribution >= 0.6 is 22.6 Å². The lowest BCUT2D eigenvalue weighted by Crippen LogP contribution is -2.19. The molecule has 74 valence electrons. The van der Waals surface area contributed by atoms with E-state index in [4.69, 9.17) is 5.73 Å². The molecule has 1 fully saturated rings. The second-order valence-electron chi connectivity index (χ2n) is 3.93. The molecule has 0 aromatic heterocycles. The summed E-state index contributed by atoms with van der Waals surface area (Å²) in [5.74, 6) is -0.193. The van der Waals surface area contributed by atoms with Crippen LogP contribution in [0.5, 0.6) is 0 Å². The van der Waals surface area contributed by atoms with Crippen molar-refractivity contribution in [3.63, 3.8) is 0 Å². The number of rotatable bonds is 3. The predicted molar refractivity (Wildman–Crippen MR) is 63.9 cm³/mol. The molecule has 1 amide bonds. The predicted octanol–water partition coefficient (Wildman–Crippen LogP) is 2.20. The first kappa shape index (κ1) is 9.96. The fraction of sp³-hybridized carbons (Fsp3) is 0.364. The summed E-state index contributed by atoms with van der Waals surface area (Å²) in [6.07, 6.45) is 2.68. The quantitative estimate of drug-likeness (QED) is 0.855. The van der Waals surface area contributed by atoms with Crippen LogP contribution in [0.3, 0.4) is 0 Å². The van der Waals surface area contributed by atoms with Crippen molar-refractivity contribution < 1.29 is 4.79 Å². The molecule has 0 spiro atoms. The number of hydrogen-bond donors (Lipinski definition) is 1. The Balaban J connectivity index is 2.22. The van der Waals surface area contributed by atoms with Gasteiger partial charge in [-0.2, -0.15) is 0 Å². The van der Waals surface area contributed by atoms with Gasteiger partial charge < -0.3 is 5.73 Å². The minimum absolute atomic E-state index is 0.0795. The van der Waals surface area contributed by atoms with Gasteiger partial charge in [-0.25, -0.2) is 0 Å². The van der Waals surface area contributed by atoms with Crippen LogP contribution in [-0.4, -0.2) is 5.91 Å². The first-order valence-electron chi connectivity index (χ1n) is 4.67. The van der Waals surface area contributed by atoms with Crippen molar-refractivity contribution in [3.05, 3.63) is 33.4 Å². The molecular weight excluding hydrogens is 289 g/mol. The Morgan fingerprint density at radius 3 is 2.36 bits per heavy atom. The molecule has 1 aliphatic rings. The molecule has 14 heavy (non-hydrogen) atoms. The van der Waals surface area contributed by atoms with Gasteiger partial charge in [0.25, 0.3) is 0 Å². The van der Waals surface area contributed by atoms with E-state index in [9.17, 15) is 4.79 Å². The topological polar surface area (TPSA) is 43.1 Å². The Kier molecular flexibility index (Phi) is 2.51. The molecule has 2 N–H and O–H groups in total. The van der Waals surface area contributed by atoms with Gasteiger partial charge in [0.15, 0.2) is 0 Å². The van der Waals surface area contributed by atoms with E-state index in [2.05, 4.69) is 46.9 Å². The zero-order chi connectivity index (χ0) is 10.2. The number of carbonyl (C=O) groups is 1. The average molecular weight is 301 g/mol. The second kappa shape index (κ2) is 3.53. The first-order valence-corrected chi connectivity index (χ1v) is 5.75. The van der Waals surface area contributed by atoms with Crippen molar-refractivity contribution in [1.29, 1.82) is 0 Å². The SMILES string of the molecule is NC(=O)CC1(c2ccc(I)cc2)CC1. The number of primary amides is 1. The lowest BCUT2D eigenvalue weighted by atomic mass is 9.92. The largest absolute Gasteiger partial charge is 0.370 e. The maximum Gasteiger partial charge on any atom is 0.218 e. The van der Waals surface area contributed by atoms with Crippen LogP contribution < -0.4 is 5.73 Å². The summed E-state index contributed by atoms with van der Waals surface area (Å²) in [5, 5.41) is 0. The lowest BCUT2D eigenvalue weighted by Gasteiger charge is -2.13. The number of benzene rings is 1. The summed E-state index contributed by atoms with van der Waals surface area (Å²) in [6.45, 7) is 0. The van der Waals surface area contributed by atoms with Gasteiger partial charge in [0.2, 0.25) is 5.91 Å². The van der Waals surface area contributed by atoms with Gasteiger partial charge in [0.1, 0.15) is 0 Å². The van der Waals surface area contributed by atoms with Crippen molar-refractivity contribution >= 4 is 28.5 Å². The van der Waals surface area contributed by atoms with Crippen LogP contribution in [0, 0.1) is 3.57 Å². The Bertz CT molecular complexity index is 354. The first-order chi connectivity index (χ1) is 6.62. The highest BCUT2D eigenvalue weighted by Crippen LogP contribution is 2.50. The van der Waals surface area contributed by atoms with Crippen molar-refractivity contribution in [2.75, 3.05) is 0 Å². The van der Waals surface area contributed by atoms with Gasteiger partial charge in [-0.3, -0.25) is 4.79 Å². The summed E-state index contributed by atoms with van der Waals surface area (Å²) in [6, 6.07) is 8.38. The van der Waals surface area contributed by atoms with E-state index in [0.29, 0.717) is 6.42 Å². The Labute approximate surface area is 97.0 Å². The molecule has 1 saturated carbocycles. The molecule has 0 bridgehead atoms. The molecule has 1 aromatic rings. The molecule has 3 heteroatoms. The Hall–Kier alpha value is -0.580. The normalized spacial score (nSPS) is 17.8. The van der Waals surface area contributed by atoms with Gasteiger partial charge >= 0.3 is 0 Å². The zero-order valence-corrected chi connectivity index (χ0v) is 9.95. The molecule has 0 radical (unpaired) electrons. The third kappa shape index (κ3) is 1.92. The minimum Gasteiger partial charge on any atom is -0.370 e. The van der Waals surface area contributed by atoms with Crippen LogP contribution in [0.25, 0.3) is 0 Å². The molecule has 0 heterocycles. The van der Waals surface area contributed by atoms with Gasteiger partial charge in [0.05, 0.1) is 0 Å². The van der Waals surface area contributed by atoms with Gasteiger partial charge in [-0.05, 0) is 53.1 Å². The van der Waals surface area contributed by atoms with Gasteiger partial charge in [0, 0.05) is 15.4 Å². The van der Waals surface area contributed by atoms with E-state index in [1.807, 2.05) is 0 Å². The van der Waals surface area contributed by atoms with E-state index >= 15 is 0 Å². The smallest absolute Gasteiger partial charge is 0.218 e. The van der Waals surface area contributed by atoms with Crippen molar-refractivity contribution in [1.82, 2.24) is 0 Å². The number of halogens is 1. The zero-order valence-electron chi connectivity index (χ0n) is 7.79. The average Bonchev–Trinajstić information content (AvgIpc) is 2.85. The third-order valence-corrected chi connectivity index (χ3v) is 3.54. The van der Waals surface area contributed by atoms with E-state index in [-0.39, 0.29) is 11.3 Å². The summed E-state index contributed by atoms with van der Waals surface area (Å²) >= 11 is 2.28. The highest BCUT2D eigenvalue weighted by molar-refractivity contribution is 14.1. The molecule has 0 aliphatic heterocycles. The highest BCUT2D eigenvalue weighted by atomic mass is 127. The molecule has 0 unspecified atom stereocenters. The molecule has 2 rings (SSSR count). The minimum atomic E-state index is -0.193. The molecule has 0 atom stereocenters. The molecule has 1 aliphatic carbocycles. The number of amides is 1. The van der Waals surface area contributed by atoms with Crippen LogP contribution in [0.1, 0.15) is 24.8 Å². The highest BCUT2D eigenvalue weighted by Gasteiger charge is 2.45. The van der Waals surface area contributed by atoms with E-state index < -0.39 is 0 Å². The third-order valence-electron chi connectivity index (χ3n) is 2.82. The van der Waals surface area contributed by atoms with Crippen LogP contribution in [0.15, 0.2) is 24.3 Å². The second-order valence-corrected chi connectivity index (χ2v) is 5.18. The summed E-state index contributed by atoms with van der Waals surface area (Å²) in [4.78, 5) is 10.9. The van der Waals surface area contributed by atoms with Crippen molar-refractivity contribution in [2.24, 2.45) is 5.73 Å². The van der Waals surface area contributed by atoms with Gasteiger partial charge in [-0.1, -0.05) is 12.1 Å². The van der Waals surface area contributed by atoms with Crippen LogP contribution in [0.2, 0.25) is 0 Å². The van der Waals surface area contributed by atoms with Gasteiger partial charge in [-0.15, -0.1) is 0 Å². The van der Waals surface area contributed by atoms with Crippen LogP contribution in [0.4, 0.5) is 0 Å². The fourth-order valence-corrected chi connectivity index (χ4v) is 2.21. The Morgan fingerprint density at radius 2 is 1.93 bits per heavy atom. The van der Waals surface area contributed by atoms with Crippen LogP contribution in [-0.2, 0) is 10.2 Å². The maximum atomic E-state index is 10.9. The van der Waals surface area contributed by atoms with Crippen molar-refractivity contribution in [3.8, 4) is 0 Å². The number of nitrogens with two attached hydrogens (primary N) is 1. The number of hydrogen-bond acceptors (Lipinski definition) is 1. The summed E-state index contributed by atoms with van der Waals surface area (Å²) in [7, 11) is 0. The summed E-state index contributed by atoms with van der Waals surface area (Å²) < 4.78 is 1.22. The van der Waals surface area contributed by atoms with E-state index in [1.165, 1.54) is 9.13 Å². The standard InChI is InChI=1S/C11H12INO/c12-9-3-1-8(2-4-9)11(5-6-11)7-10(13)14/h1-4H,5-7H2,(H2,13,14). The molecule has 0 saturated heterocycles. The molecular formula is C11H12INO. The Morgan fingerprint density at radius 1 is 1.36 bits per heavy atom. The summed E-state index contributed by atoms with van der Waals surface area (Å²) in [5.41, 5.74) is 6.59. The number of carbonyl (C=O) groups excluding carboxylic acids is 1. The van der Waals surface area contributed by atoms with E-state index in [0.717, 1.165) is 12.8 Å². The molecule has 1 aromatic carbocycles. The molecule has 2 nitrogen and oxygen atoms in total. The van der Waals surface area contributed by atoms with E-state index in [1.54, 1.807) is 0 Å².